The third-order valence-corrected chi connectivity index (χ3v) is 7.70. The van der Waals surface area contributed by atoms with Crippen molar-refractivity contribution in [3.63, 3.8) is 0 Å². The number of rotatable bonds is 8. The fourth-order valence-electron chi connectivity index (χ4n) is 5.56. The molecule has 2 aliphatic rings. The van der Waals surface area contributed by atoms with Gasteiger partial charge in [0.2, 0.25) is 5.91 Å². The lowest BCUT2D eigenvalue weighted by Gasteiger charge is -2.35. The topological polar surface area (TPSA) is 59.3 Å². The maximum atomic E-state index is 14.0. The van der Waals surface area contributed by atoms with Gasteiger partial charge in [0, 0.05) is 68.5 Å². The number of halogens is 3. The first-order valence-electron chi connectivity index (χ1n) is 13.0. The summed E-state index contributed by atoms with van der Waals surface area (Å²) in [5.41, 5.74) is 2.66. The molecule has 5 rings (SSSR count). The summed E-state index contributed by atoms with van der Waals surface area (Å²) in [5.74, 6) is -0.233. The number of carbonyl (C=O) groups is 1. The first kappa shape index (κ1) is 25.6. The van der Waals surface area contributed by atoms with Crippen LogP contribution in [0.3, 0.4) is 0 Å². The molecule has 9 heteroatoms. The average molecular weight is 515 g/mol. The third kappa shape index (κ3) is 5.76. The van der Waals surface area contributed by atoms with E-state index in [0.29, 0.717) is 13.1 Å². The van der Waals surface area contributed by atoms with Crippen LogP contribution in [0.1, 0.15) is 49.1 Å². The Kier molecular flexibility index (Phi) is 7.16. The number of aryl methyl sites for hydroxylation is 2. The van der Waals surface area contributed by atoms with Crippen molar-refractivity contribution in [1.29, 1.82) is 0 Å². The van der Waals surface area contributed by atoms with Gasteiger partial charge in [-0.05, 0) is 61.4 Å². The number of fused-ring (bicyclic) bond motifs is 1. The molecule has 1 saturated heterocycles. The Balaban J connectivity index is 1.40. The maximum absolute atomic E-state index is 14.0. The number of alkyl halides is 3. The van der Waals surface area contributed by atoms with E-state index in [9.17, 15) is 22.8 Å². The molecule has 0 bridgehead atoms. The Labute approximate surface area is 214 Å². The molecule has 1 aliphatic heterocycles. The van der Waals surface area contributed by atoms with Gasteiger partial charge < -0.3 is 19.4 Å². The van der Waals surface area contributed by atoms with Crippen molar-refractivity contribution < 1.29 is 18.0 Å². The minimum absolute atomic E-state index is 0.0127. The Bertz CT molecular complexity index is 1320. The Morgan fingerprint density at radius 3 is 2.68 bits per heavy atom. The van der Waals surface area contributed by atoms with Crippen molar-refractivity contribution in [2.24, 2.45) is 13.0 Å². The molecule has 3 heterocycles. The van der Waals surface area contributed by atoms with E-state index in [2.05, 4.69) is 5.32 Å². The number of para-hydroxylation sites is 1. The quantitative estimate of drug-likeness (QED) is 0.479. The number of hydrogen-bond acceptors (Lipinski definition) is 3. The predicted molar refractivity (Wildman–Crippen MR) is 136 cm³/mol. The van der Waals surface area contributed by atoms with Crippen LogP contribution >= 0.6 is 0 Å². The van der Waals surface area contributed by atoms with Gasteiger partial charge in [0.15, 0.2) is 0 Å². The fourth-order valence-corrected chi connectivity index (χ4v) is 5.56. The SMILES string of the molecule is Cn1ccc(C2CCNCC2C(=O)N(Cc2cn(CCCC(F)(F)F)c3ccccc23)C2CC2)cc1=O. The molecule has 1 amide bonds. The number of benzene rings is 1. The van der Waals surface area contributed by atoms with Crippen LogP contribution in [0, 0.1) is 5.92 Å². The number of piperidine rings is 1. The van der Waals surface area contributed by atoms with Crippen LogP contribution in [0.25, 0.3) is 10.9 Å². The molecule has 1 N–H and O–H groups in total. The number of carbonyl (C=O) groups excluding carboxylic acids is 1. The first-order valence-corrected chi connectivity index (χ1v) is 13.0. The second kappa shape index (κ2) is 10.4. The number of nitrogens with zero attached hydrogens (tertiary/aromatic N) is 3. The van der Waals surface area contributed by atoms with Gasteiger partial charge in [-0.1, -0.05) is 18.2 Å². The molecule has 1 aromatic carbocycles. The fraction of sp³-hybridized carbons (Fsp3) is 0.500. The van der Waals surface area contributed by atoms with Crippen LogP contribution in [0.5, 0.6) is 0 Å². The smallest absolute Gasteiger partial charge is 0.347 e. The van der Waals surface area contributed by atoms with E-state index < -0.39 is 12.6 Å². The van der Waals surface area contributed by atoms with Crippen LogP contribution in [0.2, 0.25) is 0 Å². The van der Waals surface area contributed by atoms with Crippen molar-refractivity contribution >= 4 is 16.8 Å². The van der Waals surface area contributed by atoms with E-state index in [1.54, 1.807) is 19.3 Å². The normalized spacial score (nSPS) is 20.3. The summed E-state index contributed by atoms with van der Waals surface area (Å²) in [6, 6.07) is 11.5. The molecule has 0 radical (unpaired) electrons. The Morgan fingerprint density at radius 2 is 1.95 bits per heavy atom. The minimum atomic E-state index is -4.17. The number of hydrogen-bond donors (Lipinski definition) is 1. The van der Waals surface area contributed by atoms with Crippen molar-refractivity contribution in [2.75, 3.05) is 13.1 Å². The van der Waals surface area contributed by atoms with Gasteiger partial charge in [0.1, 0.15) is 0 Å². The molecule has 37 heavy (non-hydrogen) atoms. The molecule has 1 aliphatic carbocycles. The molecule has 2 unspecified atom stereocenters. The van der Waals surface area contributed by atoms with Crippen LogP contribution < -0.4 is 10.9 Å². The zero-order valence-corrected chi connectivity index (χ0v) is 21.0. The summed E-state index contributed by atoms with van der Waals surface area (Å²) in [6.07, 6.45) is 1.38. The molecule has 2 aromatic heterocycles. The zero-order valence-electron chi connectivity index (χ0n) is 21.0. The van der Waals surface area contributed by atoms with Gasteiger partial charge in [-0.2, -0.15) is 13.2 Å². The van der Waals surface area contributed by atoms with E-state index in [1.165, 1.54) is 4.57 Å². The molecular weight excluding hydrogens is 481 g/mol. The van der Waals surface area contributed by atoms with Gasteiger partial charge in [0.05, 0.1) is 5.92 Å². The summed E-state index contributed by atoms with van der Waals surface area (Å²) in [4.78, 5) is 28.3. The highest BCUT2D eigenvalue weighted by molar-refractivity contribution is 5.85. The summed E-state index contributed by atoms with van der Waals surface area (Å²) < 4.78 is 41.6. The third-order valence-electron chi connectivity index (χ3n) is 7.70. The van der Waals surface area contributed by atoms with Crippen molar-refractivity contribution in [3.8, 4) is 0 Å². The number of nitrogens with one attached hydrogen (secondary N) is 1. The monoisotopic (exact) mass is 514 g/mol. The lowest BCUT2D eigenvalue weighted by atomic mass is 9.80. The van der Waals surface area contributed by atoms with Crippen LogP contribution in [-0.4, -0.2) is 45.2 Å². The largest absolute Gasteiger partial charge is 0.389 e. The van der Waals surface area contributed by atoms with Crippen LogP contribution in [0.15, 0.2) is 53.6 Å². The predicted octanol–water partition coefficient (Wildman–Crippen LogP) is 4.57. The maximum Gasteiger partial charge on any atom is 0.389 e. The van der Waals surface area contributed by atoms with Gasteiger partial charge in [-0.25, -0.2) is 0 Å². The highest BCUT2D eigenvalue weighted by atomic mass is 19.4. The molecule has 2 atom stereocenters. The van der Waals surface area contributed by atoms with E-state index in [-0.39, 0.29) is 42.3 Å². The Morgan fingerprint density at radius 1 is 1.16 bits per heavy atom. The summed E-state index contributed by atoms with van der Waals surface area (Å²) in [7, 11) is 1.71. The minimum Gasteiger partial charge on any atom is -0.347 e. The number of pyridine rings is 1. The standard InChI is InChI=1S/C28H33F3N4O2/c1-33-14-10-19(15-26(33)36)22-9-12-32-16-24(22)27(37)35(21-7-8-21)18-20-17-34(13-4-11-28(29,30)31)25-6-3-2-5-23(20)25/h2-3,5-6,10,14-15,17,21-22,24,32H,4,7-9,11-13,16,18H2,1H3. The van der Waals surface area contributed by atoms with Crippen molar-refractivity contribution in [2.45, 2.75) is 63.3 Å². The lowest BCUT2D eigenvalue weighted by Crippen LogP contribution is -2.47. The van der Waals surface area contributed by atoms with Crippen LogP contribution in [-0.2, 0) is 24.9 Å². The molecular formula is C28H33F3N4O2. The lowest BCUT2D eigenvalue weighted by molar-refractivity contribution is -0.138. The number of amides is 1. The second-order valence-corrected chi connectivity index (χ2v) is 10.4. The molecule has 1 saturated carbocycles. The van der Waals surface area contributed by atoms with E-state index >= 15 is 0 Å². The van der Waals surface area contributed by atoms with E-state index in [4.69, 9.17) is 0 Å². The van der Waals surface area contributed by atoms with Crippen LogP contribution in [0.4, 0.5) is 13.2 Å². The summed E-state index contributed by atoms with van der Waals surface area (Å²) in [5, 5.41) is 4.33. The molecule has 2 fully saturated rings. The van der Waals surface area contributed by atoms with Gasteiger partial charge >= 0.3 is 6.18 Å². The molecule has 3 aromatic rings. The zero-order chi connectivity index (χ0) is 26.2. The average Bonchev–Trinajstić information content (AvgIpc) is 3.66. The Hall–Kier alpha value is -3.07. The highest BCUT2D eigenvalue weighted by Gasteiger charge is 2.40. The van der Waals surface area contributed by atoms with Gasteiger partial charge in [0.25, 0.3) is 5.56 Å². The highest BCUT2D eigenvalue weighted by Crippen LogP contribution is 2.37. The van der Waals surface area contributed by atoms with E-state index in [1.807, 2.05) is 46.0 Å². The first-order chi connectivity index (χ1) is 17.7. The van der Waals surface area contributed by atoms with Crippen molar-refractivity contribution in [3.05, 3.63) is 70.3 Å². The summed E-state index contributed by atoms with van der Waals surface area (Å²) in [6.45, 7) is 2.05. The number of aromatic nitrogens is 2. The van der Waals surface area contributed by atoms with Crippen molar-refractivity contribution in [1.82, 2.24) is 19.4 Å². The molecule has 198 valence electrons. The summed E-state index contributed by atoms with van der Waals surface area (Å²) >= 11 is 0. The van der Waals surface area contributed by atoms with Gasteiger partial charge in [-0.15, -0.1) is 0 Å². The second-order valence-electron chi connectivity index (χ2n) is 10.4. The molecule has 6 nitrogen and oxygen atoms in total. The van der Waals surface area contributed by atoms with Gasteiger partial charge in [-0.3, -0.25) is 9.59 Å². The molecule has 0 spiro atoms. The van der Waals surface area contributed by atoms with E-state index in [0.717, 1.165) is 47.8 Å².